The number of aliphatic hydroxyl groups is 1. The maximum absolute atomic E-state index is 9.27. The Morgan fingerprint density at radius 1 is 1.35 bits per heavy atom. The number of ether oxygens (including phenoxy) is 1. The molecule has 0 aromatic heterocycles. The Bertz CT molecular complexity index is 353. The van der Waals surface area contributed by atoms with Crippen LogP contribution in [0.3, 0.4) is 0 Å². The lowest BCUT2D eigenvalue weighted by Gasteiger charge is -2.21. The first kappa shape index (κ1) is 13.6. The highest BCUT2D eigenvalue weighted by molar-refractivity contribution is 5.59. The first-order valence-corrected chi connectivity index (χ1v) is 5.97. The zero-order chi connectivity index (χ0) is 12.8. The third kappa shape index (κ3) is 4.15. The molecule has 1 aromatic carbocycles. The molecule has 0 radical (unpaired) electrons. The molecular formula is C13H22N2O2. The van der Waals surface area contributed by atoms with Gasteiger partial charge in [-0.1, -0.05) is 13.8 Å². The molecule has 4 heteroatoms. The second kappa shape index (κ2) is 6.35. The van der Waals surface area contributed by atoms with E-state index in [1.165, 1.54) is 0 Å². The molecule has 1 unspecified atom stereocenters. The van der Waals surface area contributed by atoms with E-state index in [1.807, 2.05) is 19.1 Å². The molecule has 96 valence electrons. The van der Waals surface area contributed by atoms with Crippen LogP contribution < -0.4 is 15.8 Å². The van der Waals surface area contributed by atoms with Crippen molar-refractivity contribution in [1.82, 2.24) is 0 Å². The maximum Gasteiger partial charge on any atom is 0.123 e. The number of aliphatic hydroxyl groups excluding tert-OH is 1. The van der Waals surface area contributed by atoms with Crippen LogP contribution in [0, 0.1) is 5.92 Å². The smallest absolute Gasteiger partial charge is 0.123 e. The summed E-state index contributed by atoms with van der Waals surface area (Å²) in [5.41, 5.74) is 7.33. The predicted octanol–water partition coefficient (Wildman–Crippen LogP) is 2.10. The molecule has 4 nitrogen and oxygen atoms in total. The fourth-order valence-electron chi connectivity index (χ4n) is 1.59. The minimum absolute atomic E-state index is 0.0197. The Labute approximate surface area is 103 Å². The number of nitrogens with one attached hydrogen (secondary N) is 1. The number of nitrogen functional groups attached to an aromatic ring is 1. The SMILES string of the molecule is CCOc1cc(N)cc(NC(CO)C(C)C)c1. The number of hydrogen-bond donors (Lipinski definition) is 3. The molecule has 0 aliphatic rings. The van der Waals surface area contributed by atoms with Crippen molar-refractivity contribution >= 4 is 11.4 Å². The van der Waals surface area contributed by atoms with Gasteiger partial charge < -0.3 is 20.9 Å². The van der Waals surface area contributed by atoms with Crippen LogP contribution in [0.25, 0.3) is 0 Å². The molecule has 0 amide bonds. The second-order valence-corrected chi connectivity index (χ2v) is 4.40. The van der Waals surface area contributed by atoms with Crippen molar-refractivity contribution in [2.24, 2.45) is 5.92 Å². The van der Waals surface area contributed by atoms with E-state index < -0.39 is 0 Å². The van der Waals surface area contributed by atoms with Crippen LogP contribution in [0.4, 0.5) is 11.4 Å². The van der Waals surface area contributed by atoms with Crippen LogP contribution in [0.5, 0.6) is 5.75 Å². The normalized spacial score (nSPS) is 12.5. The summed E-state index contributed by atoms with van der Waals surface area (Å²) in [4.78, 5) is 0. The molecule has 0 heterocycles. The van der Waals surface area contributed by atoms with Gasteiger partial charge in [0.05, 0.1) is 19.3 Å². The van der Waals surface area contributed by atoms with Gasteiger partial charge in [-0.2, -0.15) is 0 Å². The van der Waals surface area contributed by atoms with Gasteiger partial charge in [0.25, 0.3) is 0 Å². The Kier molecular flexibility index (Phi) is 5.10. The molecule has 0 spiro atoms. The van der Waals surface area contributed by atoms with Crippen molar-refractivity contribution in [3.05, 3.63) is 18.2 Å². The predicted molar refractivity (Wildman–Crippen MR) is 71.4 cm³/mol. The lowest BCUT2D eigenvalue weighted by molar-refractivity contribution is 0.249. The third-order valence-electron chi connectivity index (χ3n) is 2.59. The molecule has 0 aliphatic carbocycles. The standard InChI is InChI=1S/C13H22N2O2/c1-4-17-12-6-10(14)5-11(7-12)15-13(8-16)9(2)3/h5-7,9,13,15-16H,4,8,14H2,1-3H3. The third-order valence-corrected chi connectivity index (χ3v) is 2.59. The fourth-order valence-corrected chi connectivity index (χ4v) is 1.59. The van der Waals surface area contributed by atoms with E-state index in [1.54, 1.807) is 6.07 Å². The summed E-state index contributed by atoms with van der Waals surface area (Å²) in [5, 5.41) is 12.5. The lowest BCUT2D eigenvalue weighted by Crippen LogP contribution is -2.29. The van der Waals surface area contributed by atoms with Crippen LogP contribution in [-0.2, 0) is 0 Å². The monoisotopic (exact) mass is 238 g/mol. The van der Waals surface area contributed by atoms with Crippen LogP contribution in [-0.4, -0.2) is 24.4 Å². The quantitative estimate of drug-likeness (QED) is 0.664. The van der Waals surface area contributed by atoms with Crippen molar-refractivity contribution in [3.8, 4) is 5.75 Å². The summed E-state index contributed by atoms with van der Waals surface area (Å²) in [6.45, 7) is 6.75. The van der Waals surface area contributed by atoms with E-state index in [-0.39, 0.29) is 12.6 Å². The van der Waals surface area contributed by atoms with Crippen molar-refractivity contribution < 1.29 is 9.84 Å². The summed E-state index contributed by atoms with van der Waals surface area (Å²) < 4.78 is 5.42. The maximum atomic E-state index is 9.27. The first-order valence-electron chi connectivity index (χ1n) is 5.97. The zero-order valence-corrected chi connectivity index (χ0v) is 10.7. The lowest BCUT2D eigenvalue weighted by atomic mass is 10.1. The molecule has 1 rings (SSSR count). The van der Waals surface area contributed by atoms with Crippen molar-refractivity contribution in [2.45, 2.75) is 26.8 Å². The summed E-state index contributed by atoms with van der Waals surface area (Å²) in [5.74, 6) is 1.09. The largest absolute Gasteiger partial charge is 0.494 e. The average molecular weight is 238 g/mol. The van der Waals surface area contributed by atoms with Crippen molar-refractivity contribution in [1.29, 1.82) is 0 Å². The highest BCUT2D eigenvalue weighted by Gasteiger charge is 2.12. The van der Waals surface area contributed by atoms with Gasteiger partial charge in [-0.05, 0) is 18.9 Å². The van der Waals surface area contributed by atoms with Gasteiger partial charge in [-0.3, -0.25) is 0 Å². The van der Waals surface area contributed by atoms with Gasteiger partial charge in [-0.25, -0.2) is 0 Å². The Balaban J connectivity index is 2.82. The summed E-state index contributed by atoms with van der Waals surface area (Å²) in [6.07, 6.45) is 0. The van der Waals surface area contributed by atoms with Crippen LogP contribution in [0.15, 0.2) is 18.2 Å². The van der Waals surface area contributed by atoms with E-state index in [0.717, 1.165) is 11.4 Å². The summed E-state index contributed by atoms with van der Waals surface area (Å²) in [6, 6.07) is 5.54. The van der Waals surface area contributed by atoms with E-state index in [2.05, 4.69) is 19.2 Å². The Morgan fingerprint density at radius 2 is 2.06 bits per heavy atom. The summed E-state index contributed by atoms with van der Waals surface area (Å²) in [7, 11) is 0. The van der Waals surface area contributed by atoms with Crippen molar-refractivity contribution in [3.63, 3.8) is 0 Å². The minimum atomic E-state index is 0.0197. The molecule has 0 saturated carbocycles. The highest BCUT2D eigenvalue weighted by atomic mass is 16.5. The van der Waals surface area contributed by atoms with E-state index in [4.69, 9.17) is 10.5 Å². The number of hydrogen-bond acceptors (Lipinski definition) is 4. The van der Waals surface area contributed by atoms with Crippen LogP contribution in [0.1, 0.15) is 20.8 Å². The minimum Gasteiger partial charge on any atom is -0.494 e. The van der Waals surface area contributed by atoms with Crippen LogP contribution in [0.2, 0.25) is 0 Å². The molecule has 1 atom stereocenters. The second-order valence-electron chi connectivity index (χ2n) is 4.40. The zero-order valence-electron chi connectivity index (χ0n) is 10.7. The number of anilines is 2. The molecule has 0 bridgehead atoms. The number of benzene rings is 1. The van der Waals surface area contributed by atoms with Gasteiger partial charge in [-0.15, -0.1) is 0 Å². The molecule has 4 N–H and O–H groups in total. The molecule has 1 aromatic rings. The molecular weight excluding hydrogens is 216 g/mol. The molecule has 0 saturated heterocycles. The van der Waals surface area contributed by atoms with Crippen molar-refractivity contribution in [2.75, 3.05) is 24.3 Å². The molecule has 17 heavy (non-hydrogen) atoms. The average Bonchev–Trinajstić information content (AvgIpc) is 2.25. The van der Waals surface area contributed by atoms with Gasteiger partial charge in [0, 0.05) is 23.5 Å². The first-order chi connectivity index (χ1) is 8.06. The van der Waals surface area contributed by atoms with Gasteiger partial charge in [0.15, 0.2) is 0 Å². The Morgan fingerprint density at radius 3 is 2.59 bits per heavy atom. The Hall–Kier alpha value is -1.42. The topological polar surface area (TPSA) is 67.5 Å². The van der Waals surface area contributed by atoms with Gasteiger partial charge in [0.2, 0.25) is 0 Å². The number of nitrogens with two attached hydrogens (primary N) is 1. The van der Waals surface area contributed by atoms with Crippen LogP contribution >= 0.6 is 0 Å². The highest BCUT2D eigenvalue weighted by Crippen LogP contribution is 2.24. The molecule has 0 aliphatic heterocycles. The summed E-state index contributed by atoms with van der Waals surface area (Å²) >= 11 is 0. The fraction of sp³-hybridized carbons (Fsp3) is 0.538. The van der Waals surface area contributed by atoms with E-state index >= 15 is 0 Å². The number of rotatable bonds is 6. The van der Waals surface area contributed by atoms with Gasteiger partial charge in [0.1, 0.15) is 5.75 Å². The van der Waals surface area contributed by atoms with Gasteiger partial charge >= 0.3 is 0 Å². The molecule has 0 fully saturated rings. The van der Waals surface area contributed by atoms with E-state index in [0.29, 0.717) is 18.2 Å². The van der Waals surface area contributed by atoms with E-state index in [9.17, 15) is 5.11 Å².